The molecule has 1 atom stereocenters. The van der Waals surface area contributed by atoms with Crippen LogP contribution in [0.5, 0.6) is 0 Å². The lowest BCUT2D eigenvalue weighted by atomic mass is 10.0. The SMILES string of the molecule is CCN(Cc1cccc(F)c1Cc1nc2cc(-c3cccc(C#N)c3F)nc(N)n2n1)C1CCNC1=O. The first-order chi connectivity index (χ1) is 17.9. The van der Waals surface area contributed by atoms with Gasteiger partial charge in [-0.05, 0) is 42.3 Å². The van der Waals surface area contributed by atoms with Crippen molar-refractivity contribution in [3.63, 3.8) is 0 Å². The van der Waals surface area contributed by atoms with Gasteiger partial charge in [-0.2, -0.15) is 9.78 Å². The molecule has 1 saturated heterocycles. The summed E-state index contributed by atoms with van der Waals surface area (Å²) in [6, 6.07) is 12.4. The number of carbonyl (C=O) groups is 1. The monoisotopic (exact) mass is 502 g/mol. The van der Waals surface area contributed by atoms with E-state index in [1.807, 2.05) is 24.0 Å². The third-order valence-corrected chi connectivity index (χ3v) is 6.58. The number of rotatable bonds is 7. The van der Waals surface area contributed by atoms with Crippen molar-refractivity contribution in [1.82, 2.24) is 29.8 Å². The zero-order valence-corrected chi connectivity index (χ0v) is 20.1. The van der Waals surface area contributed by atoms with Crippen LogP contribution in [0.25, 0.3) is 16.9 Å². The van der Waals surface area contributed by atoms with Crippen molar-refractivity contribution in [2.45, 2.75) is 32.4 Å². The van der Waals surface area contributed by atoms with E-state index in [0.29, 0.717) is 43.1 Å². The zero-order chi connectivity index (χ0) is 26.1. The van der Waals surface area contributed by atoms with Gasteiger partial charge in [0, 0.05) is 31.1 Å². The molecule has 9 nitrogen and oxygen atoms in total. The fourth-order valence-corrected chi connectivity index (χ4v) is 4.68. The molecule has 2 aromatic carbocycles. The van der Waals surface area contributed by atoms with Crippen LogP contribution in [0.2, 0.25) is 0 Å². The molecule has 4 aromatic rings. The second-order valence-electron chi connectivity index (χ2n) is 8.79. The Morgan fingerprint density at radius 2 is 2.05 bits per heavy atom. The number of likely N-dealkylation sites (N-methyl/N-ethyl adjacent to an activating group) is 1. The highest BCUT2D eigenvalue weighted by atomic mass is 19.1. The predicted molar refractivity (Wildman–Crippen MR) is 132 cm³/mol. The summed E-state index contributed by atoms with van der Waals surface area (Å²) in [4.78, 5) is 23.0. The van der Waals surface area contributed by atoms with E-state index in [2.05, 4.69) is 20.4 Å². The largest absolute Gasteiger partial charge is 0.368 e. The van der Waals surface area contributed by atoms with Gasteiger partial charge in [0.05, 0.1) is 17.3 Å². The molecule has 1 aliphatic rings. The molecule has 3 N–H and O–H groups in total. The molecule has 0 aliphatic carbocycles. The van der Waals surface area contributed by atoms with Crippen molar-refractivity contribution in [2.75, 3.05) is 18.8 Å². The van der Waals surface area contributed by atoms with Crippen LogP contribution in [0.4, 0.5) is 14.7 Å². The summed E-state index contributed by atoms with van der Waals surface area (Å²) in [5, 5.41) is 16.4. The molecule has 11 heteroatoms. The number of carbonyl (C=O) groups excluding carboxylic acids is 1. The lowest BCUT2D eigenvalue weighted by Gasteiger charge is -2.26. The maximum absolute atomic E-state index is 15.0. The number of hydrogen-bond acceptors (Lipinski definition) is 7. The summed E-state index contributed by atoms with van der Waals surface area (Å²) in [6.45, 7) is 3.63. The van der Waals surface area contributed by atoms with Gasteiger partial charge in [0.2, 0.25) is 11.9 Å². The molecule has 37 heavy (non-hydrogen) atoms. The van der Waals surface area contributed by atoms with Crippen molar-refractivity contribution >= 4 is 17.5 Å². The highest BCUT2D eigenvalue weighted by Gasteiger charge is 2.30. The average Bonchev–Trinajstić information content (AvgIpc) is 3.50. The van der Waals surface area contributed by atoms with Gasteiger partial charge in [0.1, 0.15) is 17.7 Å². The lowest BCUT2D eigenvalue weighted by molar-refractivity contribution is -0.123. The Bertz CT molecular complexity index is 1540. The summed E-state index contributed by atoms with van der Waals surface area (Å²) >= 11 is 0. The summed E-state index contributed by atoms with van der Waals surface area (Å²) in [5.74, 6) is -0.827. The number of anilines is 1. The molecule has 5 rings (SSSR count). The second-order valence-corrected chi connectivity index (χ2v) is 8.79. The zero-order valence-electron chi connectivity index (χ0n) is 20.1. The average molecular weight is 503 g/mol. The highest BCUT2D eigenvalue weighted by molar-refractivity contribution is 5.83. The molecule has 1 unspecified atom stereocenters. The molecule has 188 valence electrons. The Labute approximate surface area is 211 Å². The molecular weight excluding hydrogens is 478 g/mol. The minimum atomic E-state index is -0.701. The van der Waals surface area contributed by atoms with Crippen LogP contribution in [0.1, 0.15) is 35.9 Å². The Hall–Kier alpha value is -4.43. The summed E-state index contributed by atoms with van der Waals surface area (Å²) in [6.07, 6.45) is 0.795. The van der Waals surface area contributed by atoms with E-state index in [1.165, 1.54) is 28.8 Å². The third kappa shape index (κ3) is 4.59. The molecular formula is C26H24F2N8O. The fraction of sp³-hybridized carbons (Fsp3) is 0.269. The predicted octanol–water partition coefficient (Wildman–Crippen LogP) is 2.82. The molecule has 3 heterocycles. The molecule has 0 bridgehead atoms. The second kappa shape index (κ2) is 9.91. The van der Waals surface area contributed by atoms with Crippen molar-refractivity contribution in [3.8, 4) is 17.3 Å². The molecule has 1 amide bonds. The molecule has 1 fully saturated rings. The van der Waals surface area contributed by atoms with Gasteiger partial charge in [-0.3, -0.25) is 9.69 Å². The normalized spacial score (nSPS) is 15.3. The molecule has 0 radical (unpaired) electrons. The number of nitrogens with one attached hydrogen (secondary N) is 1. The Morgan fingerprint density at radius 3 is 2.78 bits per heavy atom. The van der Waals surface area contributed by atoms with Crippen molar-refractivity contribution in [3.05, 3.63) is 76.6 Å². The topological polar surface area (TPSA) is 125 Å². The number of fused-ring (bicyclic) bond motifs is 1. The van der Waals surface area contributed by atoms with Crippen LogP contribution in [-0.2, 0) is 17.8 Å². The van der Waals surface area contributed by atoms with Gasteiger partial charge in [-0.1, -0.05) is 25.1 Å². The van der Waals surface area contributed by atoms with Gasteiger partial charge in [-0.25, -0.2) is 18.7 Å². The van der Waals surface area contributed by atoms with E-state index in [9.17, 15) is 9.18 Å². The Morgan fingerprint density at radius 1 is 1.24 bits per heavy atom. The van der Waals surface area contributed by atoms with Crippen molar-refractivity contribution in [2.24, 2.45) is 0 Å². The van der Waals surface area contributed by atoms with Crippen molar-refractivity contribution in [1.29, 1.82) is 5.26 Å². The first kappa shape index (κ1) is 24.3. The first-order valence-electron chi connectivity index (χ1n) is 11.9. The minimum absolute atomic E-state index is 0.0163. The fourth-order valence-electron chi connectivity index (χ4n) is 4.68. The first-order valence-corrected chi connectivity index (χ1v) is 11.9. The van der Waals surface area contributed by atoms with Crippen molar-refractivity contribution < 1.29 is 13.6 Å². The van der Waals surface area contributed by atoms with E-state index >= 15 is 4.39 Å². The maximum atomic E-state index is 15.0. The number of nitrogen functional groups attached to an aromatic ring is 1. The van der Waals surface area contributed by atoms with Gasteiger partial charge >= 0.3 is 0 Å². The number of aromatic nitrogens is 4. The van der Waals surface area contributed by atoms with Crippen LogP contribution in [0.3, 0.4) is 0 Å². The number of hydrogen-bond donors (Lipinski definition) is 2. The van der Waals surface area contributed by atoms with Gasteiger partial charge < -0.3 is 11.1 Å². The van der Waals surface area contributed by atoms with Gasteiger partial charge in [0.15, 0.2) is 11.5 Å². The van der Waals surface area contributed by atoms with Crippen LogP contribution >= 0.6 is 0 Å². The van der Waals surface area contributed by atoms with E-state index in [1.54, 1.807) is 12.1 Å². The summed E-state index contributed by atoms with van der Waals surface area (Å²) in [7, 11) is 0. The quantitative estimate of drug-likeness (QED) is 0.398. The number of benzene rings is 2. The number of nitrogens with zero attached hydrogens (tertiary/aromatic N) is 6. The summed E-state index contributed by atoms with van der Waals surface area (Å²) in [5.41, 5.74) is 7.78. The number of amides is 1. The van der Waals surface area contributed by atoms with Gasteiger partial charge in [0.25, 0.3) is 0 Å². The van der Waals surface area contributed by atoms with Crippen LogP contribution < -0.4 is 11.1 Å². The molecule has 1 aliphatic heterocycles. The van der Waals surface area contributed by atoms with Crippen LogP contribution in [-0.4, -0.2) is 49.5 Å². The lowest BCUT2D eigenvalue weighted by Crippen LogP contribution is -2.40. The van der Waals surface area contributed by atoms with Crippen LogP contribution in [0, 0.1) is 23.0 Å². The Kier molecular flexibility index (Phi) is 6.50. The van der Waals surface area contributed by atoms with Crippen LogP contribution in [0.15, 0.2) is 42.5 Å². The van der Waals surface area contributed by atoms with E-state index in [4.69, 9.17) is 11.0 Å². The van der Waals surface area contributed by atoms with Gasteiger partial charge in [-0.15, -0.1) is 5.10 Å². The summed E-state index contributed by atoms with van der Waals surface area (Å²) < 4.78 is 31.1. The Balaban J connectivity index is 1.48. The smallest absolute Gasteiger partial charge is 0.237 e. The van der Waals surface area contributed by atoms with E-state index in [0.717, 1.165) is 5.56 Å². The van der Waals surface area contributed by atoms with E-state index in [-0.39, 0.29) is 41.1 Å². The number of nitriles is 1. The van der Waals surface area contributed by atoms with E-state index < -0.39 is 11.6 Å². The number of halogens is 2. The minimum Gasteiger partial charge on any atom is -0.368 e. The molecule has 0 saturated carbocycles. The number of nitrogens with two attached hydrogens (primary N) is 1. The highest BCUT2D eigenvalue weighted by Crippen LogP contribution is 2.26. The molecule has 2 aromatic heterocycles. The third-order valence-electron chi connectivity index (χ3n) is 6.58. The maximum Gasteiger partial charge on any atom is 0.237 e. The molecule has 0 spiro atoms. The standard InChI is InChI=1S/C26H24F2N8O/c1-2-35(21-9-10-31-25(21)37)14-16-6-4-8-19(27)18(16)11-22-33-23-12-20(32-26(30)36(23)34-22)17-7-3-5-15(13-29)24(17)28/h3-8,12,21H,2,9-11,14H2,1H3,(H2,30,32)(H,31,37).